The van der Waals surface area contributed by atoms with Crippen LogP contribution in [0.5, 0.6) is 0 Å². The number of hydrogen-bond donors (Lipinski definition) is 1. The van der Waals surface area contributed by atoms with E-state index in [1.807, 2.05) is 12.1 Å². The number of benzene rings is 2. The average molecular weight is 352 g/mol. The van der Waals surface area contributed by atoms with E-state index < -0.39 is 0 Å². The SMILES string of the molecule is CC(C#Cc1ccc(C2CCCCC2)c(Cl)c1)NCc1ccccc1. The van der Waals surface area contributed by atoms with E-state index in [-0.39, 0.29) is 6.04 Å². The normalized spacial score (nSPS) is 16.1. The highest BCUT2D eigenvalue weighted by Crippen LogP contribution is 2.36. The Bertz CT molecular complexity index is 736. The molecule has 3 rings (SSSR count). The fraction of sp³-hybridized carbons (Fsp3) is 0.391. The van der Waals surface area contributed by atoms with Gasteiger partial charge in [0.2, 0.25) is 0 Å². The van der Waals surface area contributed by atoms with Gasteiger partial charge in [0.1, 0.15) is 0 Å². The highest BCUT2D eigenvalue weighted by atomic mass is 35.5. The summed E-state index contributed by atoms with van der Waals surface area (Å²) in [5.74, 6) is 7.16. The molecule has 1 aliphatic rings. The standard InChI is InChI=1S/C23H26ClN/c1-18(25-17-20-8-4-2-5-9-20)12-13-19-14-15-22(23(24)16-19)21-10-6-3-7-11-21/h2,4-5,8-9,14-16,18,21,25H,3,6-7,10-11,17H2,1H3. The van der Waals surface area contributed by atoms with Crippen LogP contribution in [0.4, 0.5) is 0 Å². The van der Waals surface area contributed by atoms with Gasteiger partial charge in [-0.1, -0.05) is 79.1 Å². The van der Waals surface area contributed by atoms with E-state index in [9.17, 15) is 0 Å². The first-order chi connectivity index (χ1) is 12.2. The van der Waals surface area contributed by atoms with Crippen molar-refractivity contribution in [3.63, 3.8) is 0 Å². The fourth-order valence-corrected chi connectivity index (χ4v) is 3.79. The summed E-state index contributed by atoms with van der Waals surface area (Å²) in [6.45, 7) is 2.92. The third-order valence-electron chi connectivity index (χ3n) is 4.93. The van der Waals surface area contributed by atoms with Crippen molar-refractivity contribution in [1.82, 2.24) is 5.32 Å². The second kappa shape index (κ2) is 9.09. The average Bonchev–Trinajstić information content (AvgIpc) is 2.66. The molecule has 1 nitrogen and oxygen atoms in total. The molecule has 25 heavy (non-hydrogen) atoms. The van der Waals surface area contributed by atoms with Gasteiger partial charge < -0.3 is 0 Å². The first kappa shape index (κ1) is 18.1. The van der Waals surface area contributed by atoms with Crippen molar-refractivity contribution in [2.24, 2.45) is 0 Å². The van der Waals surface area contributed by atoms with Crippen molar-refractivity contribution in [3.8, 4) is 11.8 Å². The molecular weight excluding hydrogens is 326 g/mol. The van der Waals surface area contributed by atoms with Crippen LogP contribution in [0.25, 0.3) is 0 Å². The third kappa shape index (κ3) is 5.36. The van der Waals surface area contributed by atoms with Gasteiger partial charge in [0.05, 0.1) is 6.04 Å². The number of hydrogen-bond acceptors (Lipinski definition) is 1. The van der Waals surface area contributed by atoms with Crippen molar-refractivity contribution >= 4 is 11.6 Å². The zero-order valence-corrected chi connectivity index (χ0v) is 15.7. The molecule has 1 fully saturated rings. The molecule has 0 saturated heterocycles. The third-order valence-corrected chi connectivity index (χ3v) is 5.26. The van der Waals surface area contributed by atoms with Crippen molar-refractivity contribution < 1.29 is 0 Å². The van der Waals surface area contributed by atoms with Gasteiger partial charge in [-0.15, -0.1) is 0 Å². The number of halogens is 1. The maximum Gasteiger partial charge on any atom is 0.0667 e. The van der Waals surface area contributed by atoms with Crippen LogP contribution in [-0.4, -0.2) is 6.04 Å². The molecule has 2 aromatic carbocycles. The summed E-state index contributed by atoms with van der Waals surface area (Å²) in [4.78, 5) is 0. The minimum Gasteiger partial charge on any atom is -0.300 e. The lowest BCUT2D eigenvalue weighted by atomic mass is 9.84. The number of nitrogens with one attached hydrogen (secondary N) is 1. The van der Waals surface area contributed by atoms with Crippen LogP contribution in [-0.2, 0) is 6.54 Å². The molecule has 2 heteroatoms. The van der Waals surface area contributed by atoms with E-state index in [1.165, 1.54) is 43.2 Å². The van der Waals surface area contributed by atoms with Crippen LogP contribution < -0.4 is 5.32 Å². The summed E-state index contributed by atoms with van der Waals surface area (Å²) in [6, 6.07) is 16.9. The van der Waals surface area contributed by atoms with E-state index in [0.29, 0.717) is 5.92 Å². The maximum atomic E-state index is 6.54. The van der Waals surface area contributed by atoms with Crippen LogP contribution in [0.2, 0.25) is 5.02 Å². The highest BCUT2D eigenvalue weighted by molar-refractivity contribution is 6.31. The van der Waals surface area contributed by atoms with Crippen molar-refractivity contribution in [1.29, 1.82) is 0 Å². The first-order valence-electron chi connectivity index (χ1n) is 9.30. The largest absolute Gasteiger partial charge is 0.300 e. The maximum absolute atomic E-state index is 6.54. The molecule has 0 bridgehead atoms. The van der Waals surface area contributed by atoms with Crippen LogP contribution >= 0.6 is 11.6 Å². The Hall–Kier alpha value is -1.75. The summed E-state index contributed by atoms with van der Waals surface area (Å²) in [5.41, 5.74) is 3.58. The molecule has 1 saturated carbocycles. The fourth-order valence-electron chi connectivity index (χ4n) is 3.46. The Morgan fingerprint density at radius 3 is 2.56 bits per heavy atom. The summed E-state index contributed by atoms with van der Waals surface area (Å²) in [7, 11) is 0. The van der Waals surface area contributed by atoms with Gasteiger partial charge in [-0.3, -0.25) is 5.32 Å². The van der Waals surface area contributed by atoms with E-state index in [2.05, 4.69) is 60.5 Å². The van der Waals surface area contributed by atoms with E-state index >= 15 is 0 Å². The van der Waals surface area contributed by atoms with Crippen molar-refractivity contribution in [2.75, 3.05) is 0 Å². The zero-order valence-electron chi connectivity index (χ0n) is 14.9. The van der Waals surface area contributed by atoms with Crippen molar-refractivity contribution in [3.05, 3.63) is 70.2 Å². The Morgan fingerprint density at radius 2 is 1.84 bits per heavy atom. The Labute approximate surface area is 156 Å². The van der Waals surface area contributed by atoms with Crippen LogP contribution in [0, 0.1) is 11.8 Å². The van der Waals surface area contributed by atoms with Crippen molar-refractivity contribution in [2.45, 2.75) is 57.5 Å². The summed E-state index contributed by atoms with van der Waals surface area (Å²) in [6.07, 6.45) is 6.56. The second-order valence-electron chi connectivity index (χ2n) is 6.93. The van der Waals surface area contributed by atoms with E-state index in [1.54, 1.807) is 0 Å². The molecule has 0 aliphatic heterocycles. The molecule has 1 atom stereocenters. The monoisotopic (exact) mass is 351 g/mol. The topological polar surface area (TPSA) is 12.0 Å². The van der Waals surface area contributed by atoms with E-state index in [4.69, 9.17) is 11.6 Å². The molecular formula is C23H26ClN. The molecule has 0 amide bonds. The van der Waals surface area contributed by atoms with Gasteiger partial charge in [-0.05, 0) is 48.9 Å². The van der Waals surface area contributed by atoms with Gasteiger partial charge in [0.25, 0.3) is 0 Å². The lowest BCUT2D eigenvalue weighted by Crippen LogP contribution is -2.23. The van der Waals surface area contributed by atoms with Gasteiger partial charge >= 0.3 is 0 Å². The smallest absolute Gasteiger partial charge is 0.0667 e. The first-order valence-corrected chi connectivity index (χ1v) is 9.68. The second-order valence-corrected chi connectivity index (χ2v) is 7.34. The molecule has 2 aromatic rings. The minimum atomic E-state index is 0.136. The number of rotatable bonds is 4. The molecule has 1 unspecified atom stereocenters. The van der Waals surface area contributed by atoms with Crippen LogP contribution in [0.15, 0.2) is 48.5 Å². The highest BCUT2D eigenvalue weighted by Gasteiger charge is 2.17. The summed E-state index contributed by atoms with van der Waals surface area (Å²) >= 11 is 6.54. The van der Waals surface area contributed by atoms with Gasteiger partial charge in [-0.2, -0.15) is 0 Å². The van der Waals surface area contributed by atoms with Gasteiger partial charge in [0, 0.05) is 17.1 Å². The predicted octanol–water partition coefficient (Wildman–Crippen LogP) is 5.92. The minimum absolute atomic E-state index is 0.136. The van der Waals surface area contributed by atoms with E-state index in [0.717, 1.165) is 17.1 Å². The van der Waals surface area contributed by atoms with Gasteiger partial charge in [0.15, 0.2) is 0 Å². The van der Waals surface area contributed by atoms with Crippen LogP contribution in [0.1, 0.15) is 61.6 Å². The Morgan fingerprint density at radius 1 is 1.08 bits per heavy atom. The molecule has 1 N–H and O–H groups in total. The summed E-state index contributed by atoms with van der Waals surface area (Å²) in [5, 5.41) is 4.32. The molecule has 0 radical (unpaired) electrons. The zero-order chi connectivity index (χ0) is 17.5. The molecule has 1 aliphatic carbocycles. The quantitative estimate of drug-likeness (QED) is 0.674. The van der Waals surface area contributed by atoms with Crippen LogP contribution in [0.3, 0.4) is 0 Å². The Balaban J connectivity index is 1.59. The van der Waals surface area contributed by atoms with Gasteiger partial charge in [-0.25, -0.2) is 0 Å². The Kier molecular flexibility index (Phi) is 6.56. The lowest BCUT2D eigenvalue weighted by Gasteiger charge is -2.22. The lowest BCUT2D eigenvalue weighted by molar-refractivity contribution is 0.444. The predicted molar refractivity (Wildman–Crippen MR) is 107 cm³/mol. The molecule has 0 aromatic heterocycles. The molecule has 0 spiro atoms. The molecule has 0 heterocycles. The summed E-state index contributed by atoms with van der Waals surface area (Å²) < 4.78 is 0. The molecule has 130 valence electrons.